The number of hydrogen-bond acceptors (Lipinski definition) is 6. The third-order valence-corrected chi connectivity index (χ3v) is 5.91. The number of nitrogens with zero attached hydrogens (tertiary/aromatic N) is 2. The second kappa shape index (κ2) is 7.73. The lowest BCUT2D eigenvalue weighted by molar-refractivity contribution is 0.414. The summed E-state index contributed by atoms with van der Waals surface area (Å²) in [6, 6.07) is 10.1. The molecule has 2 aromatic heterocycles. The second-order valence-electron chi connectivity index (χ2n) is 5.19. The molecule has 0 aliphatic carbocycles. The van der Waals surface area contributed by atoms with E-state index < -0.39 is 10.0 Å². The minimum Gasteiger partial charge on any atom is -0.497 e. The van der Waals surface area contributed by atoms with Crippen LogP contribution in [-0.2, 0) is 16.4 Å². The van der Waals surface area contributed by atoms with E-state index in [2.05, 4.69) is 14.7 Å². The number of sulfonamides is 1. The summed E-state index contributed by atoms with van der Waals surface area (Å²) in [6.45, 7) is 0.289. The molecule has 0 saturated carbocycles. The van der Waals surface area contributed by atoms with E-state index in [9.17, 15) is 8.42 Å². The molecule has 0 bridgehead atoms. The van der Waals surface area contributed by atoms with Gasteiger partial charge in [-0.2, -0.15) is 0 Å². The summed E-state index contributed by atoms with van der Waals surface area (Å²) < 4.78 is 32.2. The number of hydrogen-bond donors (Lipinski definition) is 1. The highest BCUT2D eigenvalue weighted by Crippen LogP contribution is 2.21. The number of methoxy groups -OCH3 is 1. The van der Waals surface area contributed by atoms with E-state index in [1.165, 1.54) is 30.6 Å². The number of aromatic nitrogens is 2. The first-order valence-electron chi connectivity index (χ1n) is 7.57. The summed E-state index contributed by atoms with van der Waals surface area (Å²) in [7, 11) is -2.00. The van der Waals surface area contributed by atoms with Crippen LogP contribution in [0.3, 0.4) is 0 Å². The molecule has 6 nitrogen and oxygen atoms in total. The van der Waals surface area contributed by atoms with Crippen LogP contribution in [0.5, 0.6) is 5.75 Å². The topological polar surface area (TPSA) is 81.2 Å². The molecule has 0 amide bonds. The van der Waals surface area contributed by atoms with Crippen LogP contribution in [0.15, 0.2) is 59.1 Å². The number of pyridine rings is 1. The maximum Gasteiger partial charge on any atom is 0.240 e. The van der Waals surface area contributed by atoms with E-state index in [-0.39, 0.29) is 11.4 Å². The zero-order valence-corrected chi connectivity index (χ0v) is 15.2. The van der Waals surface area contributed by atoms with E-state index in [0.717, 1.165) is 16.3 Å². The van der Waals surface area contributed by atoms with Crippen LogP contribution in [0.2, 0.25) is 0 Å². The van der Waals surface area contributed by atoms with Gasteiger partial charge in [0.2, 0.25) is 10.0 Å². The zero-order chi connectivity index (χ0) is 17.7. The van der Waals surface area contributed by atoms with Crippen LogP contribution in [0, 0.1) is 0 Å². The lowest BCUT2D eigenvalue weighted by Gasteiger charge is -2.06. The summed E-state index contributed by atoms with van der Waals surface area (Å²) in [5.41, 5.74) is 1.87. The predicted molar refractivity (Wildman–Crippen MR) is 97.2 cm³/mol. The van der Waals surface area contributed by atoms with Gasteiger partial charge in [-0.05, 0) is 36.4 Å². The van der Waals surface area contributed by atoms with Gasteiger partial charge >= 0.3 is 0 Å². The number of rotatable bonds is 7. The van der Waals surface area contributed by atoms with Gasteiger partial charge in [-0.1, -0.05) is 0 Å². The molecule has 3 aromatic rings. The molecule has 0 saturated heterocycles. The van der Waals surface area contributed by atoms with Crippen molar-refractivity contribution in [3.8, 4) is 17.0 Å². The Morgan fingerprint density at radius 2 is 1.84 bits per heavy atom. The summed E-state index contributed by atoms with van der Waals surface area (Å²) in [4.78, 5) is 8.73. The van der Waals surface area contributed by atoms with Crippen LogP contribution in [-0.4, -0.2) is 32.0 Å². The Morgan fingerprint density at radius 3 is 2.52 bits per heavy atom. The Hall–Kier alpha value is -2.29. The molecule has 8 heteroatoms. The molecule has 0 unspecified atom stereocenters. The standard InChI is InChI=1S/C17H17N3O3S2/c1-23-14-2-4-15(5-3-14)25(21,22)19-11-8-17-20-16(12-24-17)13-6-9-18-10-7-13/h2-7,9-10,12,19H,8,11H2,1H3. The molecule has 0 aliphatic rings. The average molecular weight is 375 g/mol. The zero-order valence-electron chi connectivity index (χ0n) is 13.5. The number of ether oxygens (including phenoxy) is 1. The van der Waals surface area contributed by atoms with Crippen molar-refractivity contribution in [2.24, 2.45) is 0 Å². The average Bonchev–Trinajstić information content (AvgIpc) is 3.11. The maximum absolute atomic E-state index is 12.3. The van der Waals surface area contributed by atoms with E-state index >= 15 is 0 Å². The normalized spacial score (nSPS) is 11.4. The van der Waals surface area contributed by atoms with E-state index in [0.29, 0.717) is 12.2 Å². The summed E-state index contributed by atoms with van der Waals surface area (Å²) >= 11 is 1.51. The van der Waals surface area contributed by atoms with Gasteiger partial charge in [0.05, 0.1) is 22.7 Å². The van der Waals surface area contributed by atoms with Crippen molar-refractivity contribution >= 4 is 21.4 Å². The predicted octanol–water partition coefficient (Wildman–Crippen LogP) is 2.73. The fourth-order valence-corrected chi connectivity index (χ4v) is 4.05. The summed E-state index contributed by atoms with van der Waals surface area (Å²) in [6.07, 6.45) is 3.97. The Kier molecular flexibility index (Phi) is 5.42. The number of nitrogens with one attached hydrogen (secondary N) is 1. The van der Waals surface area contributed by atoms with Gasteiger partial charge in [0.1, 0.15) is 5.75 Å². The van der Waals surface area contributed by atoms with Gasteiger partial charge < -0.3 is 4.74 Å². The third kappa shape index (κ3) is 4.41. The maximum atomic E-state index is 12.3. The Labute approximate surface area is 150 Å². The second-order valence-corrected chi connectivity index (χ2v) is 7.90. The monoisotopic (exact) mass is 375 g/mol. The van der Waals surface area contributed by atoms with Crippen molar-refractivity contribution in [2.45, 2.75) is 11.3 Å². The van der Waals surface area contributed by atoms with Crippen LogP contribution >= 0.6 is 11.3 Å². The summed E-state index contributed by atoms with van der Waals surface area (Å²) in [5.74, 6) is 0.616. The van der Waals surface area contributed by atoms with Crippen LogP contribution < -0.4 is 9.46 Å². The van der Waals surface area contributed by atoms with Crippen molar-refractivity contribution in [1.82, 2.24) is 14.7 Å². The lowest BCUT2D eigenvalue weighted by atomic mass is 10.2. The highest BCUT2D eigenvalue weighted by Gasteiger charge is 2.14. The van der Waals surface area contributed by atoms with Crippen LogP contribution in [0.1, 0.15) is 5.01 Å². The first-order valence-corrected chi connectivity index (χ1v) is 9.93. The first kappa shape index (κ1) is 17.5. The molecule has 1 aromatic carbocycles. The quantitative estimate of drug-likeness (QED) is 0.687. The highest BCUT2D eigenvalue weighted by atomic mass is 32.2. The van der Waals surface area contributed by atoms with E-state index in [1.807, 2.05) is 17.5 Å². The minimum atomic E-state index is -3.54. The minimum absolute atomic E-state index is 0.213. The van der Waals surface area contributed by atoms with Crippen molar-refractivity contribution < 1.29 is 13.2 Å². The molecule has 0 fully saturated rings. The van der Waals surface area contributed by atoms with Crippen molar-refractivity contribution in [2.75, 3.05) is 13.7 Å². The highest BCUT2D eigenvalue weighted by molar-refractivity contribution is 7.89. The molecule has 0 spiro atoms. The molecule has 2 heterocycles. The van der Waals surface area contributed by atoms with Gasteiger partial charge in [-0.3, -0.25) is 4.98 Å². The van der Waals surface area contributed by atoms with E-state index in [1.54, 1.807) is 24.5 Å². The molecular formula is C17H17N3O3S2. The van der Waals surface area contributed by atoms with Crippen LogP contribution in [0.4, 0.5) is 0 Å². The molecule has 0 radical (unpaired) electrons. The number of thiazole rings is 1. The molecule has 0 atom stereocenters. The SMILES string of the molecule is COc1ccc(S(=O)(=O)NCCc2nc(-c3ccncc3)cs2)cc1. The van der Waals surface area contributed by atoms with Crippen LogP contribution in [0.25, 0.3) is 11.3 Å². The molecular weight excluding hydrogens is 358 g/mol. The van der Waals surface area contributed by atoms with Gasteiger partial charge in [0.15, 0.2) is 0 Å². The van der Waals surface area contributed by atoms with Gasteiger partial charge in [-0.25, -0.2) is 18.1 Å². The largest absolute Gasteiger partial charge is 0.497 e. The van der Waals surface area contributed by atoms with Gasteiger partial charge in [0, 0.05) is 36.3 Å². The van der Waals surface area contributed by atoms with Crippen molar-refractivity contribution in [3.63, 3.8) is 0 Å². The Balaban J connectivity index is 1.59. The molecule has 1 N–H and O–H groups in total. The fraction of sp³-hybridized carbons (Fsp3) is 0.176. The smallest absolute Gasteiger partial charge is 0.240 e. The third-order valence-electron chi connectivity index (χ3n) is 3.53. The molecule has 130 valence electrons. The van der Waals surface area contributed by atoms with Crippen molar-refractivity contribution in [3.05, 3.63) is 59.2 Å². The fourth-order valence-electron chi connectivity index (χ4n) is 2.21. The Bertz CT molecular complexity index is 923. The molecule has 25 heavy (non-hydrogen) atoms. The van der Waals surface area contributed by atoms with Crippen molar-refractivity contribution in [1.29, 1.82) is 0 Å². The van der Waals surface area contributed by atoms with E-state index in [4.69, 9.17) is 4.74 Å². The lowest BCUT2D eigenvalue weighted by Crippen LogP contribution is -2.25. The molecule has 3 rings (SSSR count). The molecule has 0 aliphatic heterocycles. The Morgan fingerprint density at radius 1 is 1.12 bits per heavy atom. The summed E-state index contributed by atoms with van der Waals surface area (Å²) in [5, 5.41) is 2.84. The number of benzene rings is 1. The van der Waals surface area contributed by atoms with Gasteiger partial charge in [0.25, 0.3) is 0 Å². The van der Waals surface area contributed by atoms with Gasteiger partial charge in [-0.15, -0.1) is 11.3 Å². The first-order chi connectivity index (χ1) is 12.1.